The van der Waals surface area contributed by atoms with Gasteiger partial charge in [0.25, 0.3) is 0 Å². The number of para-hydroxylation sites is 1. The van der Waals surface area contributed by atoms with E-state index in [0.717, 1.165) is 17.4 Å². The predicted molar refractivity (Wildman–Crippen MR) is 75.1 cm³/mol. The van der Waals surface area contributed by atoms with Crippen LogP contribution in [0.25, 0.3) is 0 Å². The van der Waals surface area contributed by atoms with Gasteiger partial charge in [0.05, 0.1) is 12.5 Å². The molecule has 0 amide bonds. The number of aliphatic carboxylic acids is 1. The van der Waals surface area contributed by atoms with Crippen molar-refractivity contribution in [1.82, 2.24) is 14.8 Å². The Morgan fingerprint density at radius 2 is 2.14 bits per heavy atom. The van der Waals surface area contributed by atoms with Gasteiger partial charge in [-0.25, -0.2) is 0 Å². The van der Waals surface area contributed by atoms with E-state index < -0.39 is 5.97 Å². The summed E-state index contributed by atoms with van der Waals surface area (Å²) in [5, 5.41) is 17.4. The van der Waals surface area contributed by atoms with E-state index in [1.807, 2.05) is 34.9 Å². The van der Waals surface area contributed by atoms with E-state index in [1.165, 1.54) is 0 Å². The molecule has 0 aliphatic carbocycles. The Bertz CT molecular complexity index is 624. The van der Waals surface area contributed by atoms with Crippen molar-refractivity contribution in [2.24, 2.45) is 5.92 Å². The number of hydrogen-bond acceptors (Lipinski definition) is 4. The van der Waals surface area contributed by atoms with Gasteiger partial charge < -0.3 is 14.4 Å². The van der Waals surface area contributed by atoms with Crippen LogP contribution in [-0.4, -0.2) is 32.4 Å². The molecule has 1 unspecified atom stereocenters. The number of carbonyl (C=O) groups is 1. The van der Waals surface area contributed by atoms with Crippen LogP contribution in [0.15, 0.2) is 30.3 Å². The zero-order chi connectivity index (χ0) is 14.7. The van der Waals surface area contributed by atoms with E-state index in [1.54, 1.807) is 0 Å². The molecule has 6 nitrogen and oxygen atoms in total. The number of carboxylic acid groups (broad SMARTS) is 1. The number of fused-ring (bicyclic) bond motifs is 1. The first-order chi connectivity index (χ1) is 10.2. The lowest BCUT2D eigenvalue weighted by molar-refractivity contribution is -0.142. The highest BCUT2D eigenvalue weighted by Crippen LogP contribution is 2.20. The van der Waals surface area contributed by atoms with E-state index in [0.29, 0.717) is 32.4 Å². The minimum atomic E-state index is -0.749. The van der Waals surface area contributed by atoms with Gasteiger partial charge in [0, 0.05) is 19.4 Å². The van der Waals surface area contributed by atoms with Crippen molar-refractivity contribution in [3.8, 4) is 5.75 Å². The summed E-state index contributed by atoms with van der Waals surface area (Å²) in [6, 6.07) is 9.59. The third kappa shape index (κ3) is 3.04. The molecule has 0 radical (unpaired) electrons. The molecule has 1 aromatic heterocycles. The minimum Gasteiger partial charge on any atom is -0.493 e. The molecule has 0 saturated heterocycles. The van der Waals surface area contributed by atoms with Gasteiger partial charge in [-0.3, -0.25) is 4.79 Å². The second kappa shape index (κ2) is 5.95. The van der Waals surface area contributed by atoms with E-state index in [-0.39, 0.29) is 5.92 Å². The Morgan fingerprint density at radius 3 is 2.90 bits per heavy atom. The van der Waals surface area contributed by atoms with Crippen LogP contribution in [0.5, 0.6) is 5.75 Å². The van der Waals surface area contributed by atoms with E-state index in [2.05, 4.69) is 10.2 Å². The van der Waals surface area contributed by atoms with E-state index >= 15 is 0 Å². The van der Waals surface area contributed by atoms with Crippen LogP contribution in [0.4, 0.5) is 0 Å². The second-order valence-electron chi connectivity index (χ2n) is 5.13. The molecule has 1 aromatic carbocycles. The Hall–Kier alpha value is -2.37. The smallest absolute Gasteiger partial charge is 0.308 e. The molecule has 1 N–H and O–H groups in total. The maximum Gasteiger partial charge on any atom is 0.308 e. The summed E-state index contributed by atoms with van der Waals surface area (Å²) in [5.74, 6) is 1.40. The summed E-state index contributed by atoms with van der Waals surface area (Å²) < 4.78 is 7.57. The molecule has 2 heterocycles. The van der Waals surface area contributed by atoms with E-state index in [9.17, 15) is 4.79 Å². The topological polar surface area (TPSA) is 77.2 Å². The number of aromatic nitrogens is 3. The highest BCUT2D eigenvalue weighted by Gasteiger charge is 2.27. The second-order valence-corrected chi connectivity index (χ2v) is 5.13. The Balaban J connectivity index is 1.62. The zero-order valence-corrected chi connectivity index (χ0v) is 11.6. The highest BCUT2D eigenvalue weighted by atomic mass is 16.5. The number of hydrogen-bond donors (Lipinski definition) is 1. The maximum atomic E-state index is 11.1. The summed E-state index contributed by atoms with van der Waals surface area (Å²) in [7, 11) is 0. The average molecular weight is 287 g/mol. The van der Waals surface area contributed by atoms with Gasteiger partial charge in [-0.2, -0.15) is 0 Å². The first-order valence-electron chi connectivity index (χ1n) is 7.05. The fourth-order valence-electron chi connectivity index (χ4n) is 2.55. The SMILES string of the molecule is O=C(O)C1CCc2nnc(CCOc3ccccc3)n2C1. The molecular weight excluding hydrogens is 270 g/mol. The van der Waals surface area contributed by atoms with Crippen molar-refractivity contribution in [2.75, 3.05) is 6.61 Å². The molecule has 2 aromatic rings. The van der Waals surface area contributed by atoms with Gasteiger partial charge in [0.1, 0.15) is 17.4 Å². The van der Waals surface area contributed by atoms with Crippen LogP contribution < -0.4 is 4.74 Å². The lowest BCUT2D eigenvalue weighted by Crippen LogP contribution is -2.28. The fraction of sp³-hybridized carbons (Fsp3) is 0.400. The normalized spacial score (nSPS) is 17.2. The standard InChI is InChI=1S/C15H17N3O3/c19-15(20)11-6-7-13-16-17-14(18(13)10-11)8-9-21-12-4-2-1-3-5-12/h1-5,11H,6-10H2,(H,19,20). The fourth-order valence-corrected chi connectivity index (χ4v) is 2.55. The minimum absolute atomic E-state index is 0.345. The Morgan fingerprint density at radius 1 is 1.33 bits per heavy atom. The van der Waals surface area contributed by atoms with Gasteiger partial charge >= 0.3 is 5.97 Å². The molecule has 0 saturated carbocycles. The molecule has 1 aliphatic heterocycles. The van der Waals surface area contributed by atoms with Crippen molar-refractivity contribution in [3.05, 3.63) is 42.0 Å². The molecule has 21 heavy (non-hydrogen) atoms. The number of benzene rings is 1. The molecule has 3 rings (SSSR count). The lowest BCUT2D eigenvalue weighted by Gasteiger charge is -2.21. The molecule has 1 aliphatic rings. The van der Waals surface area contributed by atoms with Gasteiger partial charge in [0.2, 0.25) is 0 Å². The quantitative estimate of drug-likeness (QED) is 0.902. The lowest BCUT2D eigenvalue weighted by atomic mass is 9.99. The molecule has 0 spiro atoms. The summed E-state index contributed by atoms with van der Waals surface area (Å²) in [5.41, 5.74) is 0. The van der Waals surface area contributed by atoms with Gasteiger partial charge in [-0.15, -0.1) is 10.2 Å². The molecule has 110 valence electrons. The predicted octanol–water partition coefficient (Wildman–Crippen LogP) is 1.55. The summed E-state index contributed by atoms with van der Waals surface area (Å²) in [6.45, 7) is 0.957. The van der Waals surface area contributed by atoms with Crippen LogP contribution >= 0.6 is 0 Å². The van der Waals surface area contributed by atoms with Crippen LogP contribution in [0.3, 0.4) is 0 Å². The molecular formula is C15H17N3O3. The van der Waals surface area contributed by atoms with Gasteiger partial charge in [0.15, 0.2) is 0 Å². The van der Waals surface area contributed by atoms with Crippen LogP contribution in [0.2, 0.25) is 0 Å². The van der Waals surface area contributed by atoms with Crippen molar-refractivity contribution in [3.63, 3.8) is 0 Å². The number of aryl methyl sites for hydroxylation is 1. The van der Waals surface area contributed by atoms with Crippen molar-refractivity contribution in [1.29, 1.82) is 0 Å². The molecule has 0 bridgehead atoms. The summed E-state index contributed by atoms with van der Waals surface area (Å²) in [6.07, 6.45) is 1.92. The van der Waals surface area contributed by atoms with Gasteiger partial charge in [-0.1, -0.05) is 18.2 Å². The Kier molecular flexibility index (Phi) is 3.85. The summed E-state index contributed by atoms with van der Waals surface area (Å²) in [4.78, 5) is 11.1. The third-order valence-electron chi connectivity index (χ3n) is 3.71. The number of ether oxygens (including phenoxy) is 1. The Labute approximate surface area is 122 Å². The van der Waals surface area contributed by atoms with Crippen LogP contribution in [0, 0.1) is 5.92 Å². The van der Waals surface area contributed by atoms with Crippen molar-refractivity contribution < 1.29 is 14.6 Å². The number of carboxylic acids is 1. The first kappa shape index (κ1) is 13.6. The molecule has 6 heteroatoms. The third-order valence-corrected chi connectivity index (χ3v) is 3.71. The largest absolute Gasteiger partial charge is 0.493 e. The first-order valence-corrected chi connectivity index (χ1v) is 7.05. The average Bonchev–Trinajstić information content (AvgIpc) is 2.91. The number of rotatable bonds is 5. The monoisotopic (exact) mass is 287 g/mol. The van der Waals surface area contributed by atoms with Crippen molar-refractivity contribution >= 4 is 5.97 Å². The van der Waals surface area contributed by atoms with E-state index in [4.69, 9.17) is 9.84 Å². The van der Waals surface area contributed by atoms with Gasteiger partial charge in [-0.05, 0) is 18.6 Å². The zero-order valence-electron chi connectivity index (χ0n) is 11.6. The summed E-state index contributed by atoms with van der Waals surface area (Å²) >= 11 is 0. The van der Waals surface area contributed by atoms with Crippen LogP contribution in [-0.2, 0) is 24.2 Å². The maximum absolute atomic E-state index is 11.1. The van der Waals surface area contributed by atoms with Crippen molar-refractivity contribution in [2.45, 2.75) is 25.8 Å². The number of nitrogens with zero attached hydrogens (tertiary/aromatic N) is 3. The van der Waals surface area contributed by atoms with Crippen LogP contribution in [0.1, 0.15) is 18.1 Å². The highest BCUT2D eigenvalue weighted by molar-refractivity contribution is 5.70. The molecule has 1 atom stereocenters. The molecule has 0 fully saturated rings.